The van der Waals surface area contributed by atoms with Crippen molar-refractivity contribution in [2.45, 2.75) is 13.5 Å². The van der Waals surface area contributed by atoms with Gasteiger partial charge in [-0.1, -0.05) is 11.3 Å². The highest BCUT2D eigenvalue weighted by Crippen LogP contribution is 2.22. The first-order valence-electron chi connectivity index (χ1n) is 5.08. The van der Waals surface area contributed by atoms with E-state index in [9.17, 15) is 14.9 Å². The van der Waals surface area contributed by atoms with Crippen LogP contribution in [0.1, 0.15) is 11.3 Å². The molecule has 0 saturated carbocycles. The molecule has 0 saturated heterocycles. The zero-order chi connectivity index (χ0) is 13.1. The number of thiazole rings is 1. The molecule has 0 amide bonds. The van der Waals surface area contributed by atoms with E-state index < -0.39 is 4.92 Å². The van der Waals surface area contributed by atoms with Gasteiger partial charge in [0.1, 0.15) is 0 Å². The highest BCUT2D eigenvalue weighted by molar-refractivity contribution is 7.07. The first-order chi connectivity index (χ1) is 8.56. The molecule has 0 atom stereocenters. The van der Waals surface area contributed by atoms with Crippen molar-refractivity contribution in [2.24, 2.45) is 0 Å². The monoisotopic (exact) mass is 266 g/mol. The van der Waals surface area contributed by atoms with Gasteiger partial charge in [0.2, 0.25) is 5.82 Å². The van der Waals surface area contributed by atoms with Gasteiger partial charge in [-0.25, -0.2) is 4.98 Å². The lowest BCUT2D eigenvalue weighted by molar-refractivity contribution is -0.384. The Morgan fingerprint density at radius 3 is 3.00 bits per heavy atom. The molecule has 94 valence electrons. The van der Waals surface area contributed by atoms with Crippen LogP contribution in [0.15, 0.2) is 22.4 Å². The summed E-state index contributed by atoms with van der Waals surface area (Å²) >= 11 is 1.05. The van der Waals surface area contributed by atoms with Crippen molar-refractivity contribution in [3.8, 4) is 0 Å². The molecule has 2 heterocycles. The lowest BCUT2D eigenvalue weighted by Gasteiger charge is -2.05. The van der Waals surface area contributed by atoms with E-state index in [-0.39, 0.29) is 22.9 Å². The maximum absolute atomic E-state index is 10.9. The normalized spacial score (nSPS) is 10.3. The number of nitrogens with one attached hydrogen (secondary N) is 2. The minimum Gasteiger partial charge on any atom is -0.359 e. The maximum Gasteiger partial charge on any atom is 0.311 e. The lowest BCUT2D eigenvalue weighted by atomic mass is 10.3. The zero-order valence-electron chi connectivity index (χ0n) is 9.47. The Labute approximate surface area is 106 Å². The Hall–Kier alpha value is -2.22. The van der Waals surface area contributed by atoms with E-state index in [0.29, 0.717) is 5.69 Å². The van der Waals surface area contributed by atoms with E-state index >= 15 is 0 Å². The van der Waals surface area contributed by atoms with E-state index in [0.717, 1.165) is 16.9 Å². The van der Waals surface area contributed by atoms with Crippen LogP contribution in [-0.2, 0) is 6.54 Å². The van der Waals surface area contributed by atoms with E-state index in [1.165, 1.54) is 6.07 Å². The molecule has 18 heavy (non-hydrogen) atoms. The molecular weight excluding hydrogens is 256 g/mol. The third kappa shape index (κ3) is 2.72. The molecule has 0 aliphatic rings. The number of nitrogens with zero attached hydrogens (tertiary/aromatic N) is 2. The highest BCUT2D eigenvalue weighted by atomic mass is 32.1. The first-order valence-corrected chi connectivity index (χ1v) is 5.96. The van der Waals surface area contributed by atoms with Gasteiger partial charge in [-0.2, -0.15) is 0 Å². The second-order valence-corrected chi connectivity index (χ2v) is 4.51. The Morgan fingerprint density at radius 2 is 2.39 bits per heavy atom. The van der Waals surface area contributed by atoms with Gasteiger partial charge in [0.15, 0.2) is 0 Å². The number of aromatic amines is 1. The van der Waals surface area contributed by atoms with Gasteiger partial charge >= 0.3 is 10.6 Å². The summed E-state index contributed by atoms with van der Waals surface area (Å²) in [7, 11) is 0. The van der Waals surface area contributed by atoms with Crippen molar-refractivity contribution < 1.29 is 4.92 Å². The molecule has 2 rings (SSSR count). The number of H-pyrrole nitrogens is 1. The van der Waals surface area contributed by atoms with Crippen LogP contribution in [-0.4, -0.2) is 14.9 Å². The maximum atomic E-state index is 10.9. The van der Waals surface area contributed by atoms with E-state index in [1.807, 2.05) is 0 Å². The van der Waals surface area contributed by atoms with E-state index in [2.05, 4.69) is 15.3 Å². The third-order valence-corrected chi connectivity index (χ3v) is 2.94. The van der Waals surface area contributed by atoms with Crippen molar-refractivity contribution in [3.05, 3.63) is 48.7 Å². The third-order valence-electron chi connectivity index (χ3n) is 2.22. The van der Waals surface area contributed by atoms with Gasteiger partial charge in [-0.15, -0.1) is 0 Å². The molecule has 7 nitrogen and oxygen atoms in total. The number of aromatic nitrogens is 2. The van der Waals surface area contributed by atoms with Crippen molar-refractivity contribution in [1.82, 2.24) is 9.97 Å². The Balaban J connectivity index is 2.18. The zero-order valence-corrected chi connectivity index (χ0v) is 10.3. The quantitative estimate of drug-likeness (QED) is 0.647. The molecular formula is C10H10N4O3S. The van der Waals surface area contributed by atoms with Crippen molar-refractivity contribution >= 4 is 22.8 Å². The molecule has 2 aromatic heterocycles. The van der Waals surface area contributed by atoms with Crippen LogP contribution in [0, 0.1) is 17.0 Å². The SMILES string of the molecule is Cc1cnc(NCc2csc(=O)[nH]2)c([N+](=O)[O-])c1. The Kier molecular flexibility index (Phi) is 3.38. The average Bonchev–Trinajstić information content (AvgIpc) is 2.73. The average molecular weight is 266 g/mol. The van der Waals surface area contributed by atoms with Crippen LogP contribution in [0.2, 0.25) is 0 Å². The minimum absolute atomic E-state index is 0.0763. The van der Waals surface area contributed by atoms with Crippen molar-refractivity contribution in [2.75, 3.05) is 5.32 Å². The molecule has 2 aromatic rings. The van der Waals surface area contributed by atoms with Gasteiger partial charge in [-0.3, -0.25) is 14.9 Å². The summed E-state index contributed by atoms with van der Waals surface area (Å²) in [6.07, 6.45) is 1.55. The minimum atomic E-state index is -0.487. The number of anilines is 1. The molecule has 0 aliphatic carbocycles. The lowest BCUT2D eigenvalue weighted by Crippen LogP contribution is -2.06. The van der Waals surface area contributed by atoms with Crippen LogP contribution >= 0.6 is 11.3 Å². The van der Waals surface area contributed by atoms with Crippen molar-refractivity contribution in [1.29, 1.82) is 0 Å². The van der Waals surface area contributed by atoms with Crippen LogP contribution in [0.25, 0.3) is 0 Å². The number of rotatable bonds is 4. The predicted molar refractivity (Wildman–Crippen MR) is 67.9 cm³/mol. The largest absolute Gasteiger partial charge is 0.359 e. The molecule has 0 spiro atoms. The van der Waals surface area contributed by atoms with Crippen LogP contribution in [0.5, 0.6) is 0 Å². The molecule has 0 bridgehead atoms. The van der Waals surface area contributed by atoms with E-state index in [1.54, 1.807) is 18.5 Å². The Bertz CT molecular complexity index is 634. The summed E-state index contributed by atoms with van der Waals surface area (Å²) in [5.74, 6) is 0.192. The number of aryl methyl sites for hydroxylation is 1. The van der Waals surface area contributed by atoms with Crippen LogP contribution in [0.3, 0.4) is 0 Å². The topological polar surface area (TPSA) is 101 Å². The number of nitro groups is 1. The fourth-order valence-electron chi connectivity index (χ4n) is 1.41. The number of hydrogen-bond acceptors (Lipinski definition) is 6. The smallest absolute Gasteiger partial charge is 0.311 e. The van der Waals surface area contributed by atoms with Gasteiger partial charge in [0, 0.05) is 23.3 Å². The van der Waals surface area contributed by atoms with Gasteiger partial charge in [-0.05, 0) is 12.5 Å². The number of pyridine rings is 1. The fraction of sp³-hybridized carbons (Fsp3) is 0.200. The highest BCUT2D eigenvalue weighted by Gasteiger charge is 2.15. The second kappa shape index (κ2) is 4.96. The van der Waals surface area contributed by atoms with E-state index in [4.69, 9.17) is 0 Å². The van der Waals surface area contributed by atoms with Crippen LogP contribution in [0.4, 0.5) is 11.5 Å². The first kappa shape index (κ1) is 12.2. The number of hydrogen-bond donors (Lipinski definition) is 2. The molecule has 0 unspecified atom stereocenters. The molecule has 0 fully saturated rings. The van der Waals surface area contributed by atoms with Gasteiger partial charge in [0.25, 0.3) is 0 Å². The van der Waals surface area contributed by atoms with Gasteiger partial charge in [0.05, 0.1) is 11.5 Å². The second-order valence-electron chi connectivity index (χ2n) is 3.66. The van der Waals surface area contributed by atoms with Crippen LogP contribution < -0.4 is 10.2 Å². The summed E-state index contributed by atoms with van der Waals surface area (Å²) in [6.45, 7) is 2.02. The predicted octanol–water partition coefficient (Wildman–Crippen LogP) is 1.66. The standard InChI is InChI=1S/C10H10N4O3S/c1-6-2-8(14(16)17)9(11-3-6)12-4-7-5-18-10(15)13-7/h2-3,5H,4H2,1H3,(H,11,12)(H,13,15). The molecule has 2 N–H and O–H groups in total. The summed E-state index contributed by atoms with van der Waals surface area (Å²) in [4.78, 5) is 27.7. The van der Waals surface area contributed by atoms with Gasteiger partial charge < -0.3 is 10.3 Å². The Morgan fingerprint density at radius 1 is 1.61 bits per heavy atom. The summed E-state index contributed by atoms with van der Waals surface area (Å²) in [5, 5.41) is 15.4. The summed E-state index contributed by atoms with van der Waals surface area (Å²) in [6, 6.07) is 1.45. The molecule has 0 radical (unpaired) electrons. The van der Waals surface area contributed by atoms with Crippen molar-refractivity contribution in [3.63, 3.8) is 0 Å². The summed E-state index contributed by atoms with van der Waals surface area (Å²) < 4.78 is 0. The molecule has 0 aliphatic heterocycles. The molecule has 8 heteroatoms. The fourth-order valence-corrected chi connectivity index (χ4v) is 1.99. The molecule has 0 aromatic carbocycles. The summed E-state index contributed by atoms with van der Waals surface area (Å²) in [5.41, 5.74) is 1.31.